The Morgan fingerprint density at radius 2 is 1.94 bits per heavy atom. The average Bonchev–Trinajstić information content (AvgIpc) is 2.53. The van der Waals surface area contributed by atoms with E-state index in [0.717, 1.165) is 31.5 Å². The molecule has 2 unspecified atom stereocenters. The summed E-state index contributed by atoms with van der Waals surface area (Å²) in [6, 6.07) is 2.73. The fourth-order valence-corrected chi connectivity index (χ4v) is 2.82. The summed E-state index contributed by atoms with van der Waals surface area (Å²) in [5.41, 5.74) is 0. The molecule has 104 valence electrons. The third-order valence-electron chi connectivity index (χ3n) is 3.94. The minimum absolute atomic E-state index is 0.0272. The average molecular weight is 251 g/mol. The summed E-state index contributed by atoms with van der Waals surface area (Å²) < 4.78 is 0. The van der Waals surface area contributed by atoms with Crippen molar-refractivity contribution in [2.45, 2.75) is 59.0 Å². The highest BCUT2D eigenvalue weighted by molar-refractivity contribution is 4.93. The van der Waals surface area contributed by atoms with Gasteiger partial charge in [0.25, 0.3) is 0 Å². The third-order valence-corrected chi connectivity index (χ3v) is 3.94. The van der Waals surface area contributed by atoms with Gasteiger partial charge in [-0.3, -0.25) is 5.32 Å². The summed E-state index contributed by atoms with van der Waals surface area (Å²) in [6.45, 7) is 12.0. The van der Waals surface area contributed by atoms with Crippen molar-refractivity contribution in [3.63, 3.8) is 0 Å². The van der Waals surface area contributed by atoms with Crippen LogP contribution in [-0.4, -0.2) is 36.6 Å². The van der Waals surface area contributed by atoms with Crippen LogP contribution in [0.1, 0.15) is 47.0 Å². The van der Waals surface area contributed by atoms with Crippen LogP contribution in [0.4, 0.5) is 0 Å². The van der Waals surface area contributed by atoms with Gasteiger partial charge in [0.05, 0.1) is 6.07 Å². The number of nitrogens with one attached hydrogen (secondary N) is 1. The molecule has 0 aromatic rings. The number of likely N-dealkylation sites (tertiary alicyclic amines) is 1. The molecule has 3 heteroatoms. The van der Waals surface area contributed by atoms with Crippen LogP contribution in [0.5, 0.6) is 0 Å². The van der Waals surface area contributed by atoms with Crippen molar-refractivity contribution in [1.82, 2.24) is 10.2 Å². The van der Waals surface area contributed by atoms with Crippen molar-refractivity contribution in [3.8, 4) is 6.07 Å². The minimum atomic E-state index is -0.0272. The Morgan fingerprint density at radius 3 is 2.50 bits per heavy atom. The van der Waals surface area contributed by atoms with E-state index in [1.165, 1.54) is 19.3 Å². The van der Waals surface area contributed by atoms with E-state index < -0.39 is 0 Å². The van der Waals surface area contributed by atoms with E-state index >= 15 is 0 Å². The predicted molar refractivity (Wildman–Crippen MR) is 76.3 cm³/mol. The molecule has 0 aliphatic carbocycles. The van der Waals surface area contributed by atoms with Crippen LogP contribution < -0.4 is 5.32 Å². The van der Waals surface area contributed by atoms with Crippen LogP contribution in [-0.2, 0) is 0 Å². The molecule has 0 spiro atoms. The van der Waals surface area contributed by atoms with E-state index in [9.17, 15) is 5.26 Å². The molecule has 0 radical (unpaired) electrons. The van der Waals surface area contributed by atoms with Crippen molar-refractivity contribution >= 4 is 0 Å². The van der Waals surface area contributed by atoms with Crippen LogP contribution in [0.3, 0.4) is 0 Å². The number of hydrogen-bond donors (Lipinski definition) is 1. The smallest absolute Gasteiger partial charge is 0.108 e. The maximum absolute atomic E-state index is 9.18. The second-order valence-electron chi connectivity index (χ2n) is 6.24. The molecular formula is C15H29N3. The van der Waals surface area contributed by atoms with Crippen molar-refractivity contribution < 1.29 is 0 Å². The largest absolute Gasteiger partial charge is 0.301 e. The van der Waals surface area contributed by atoms with Gasteiger partial charge in [0.1, 0.15) is 6.04 Å². The zero-order valence-electron chi connectivity index (χ0n) is 12.4. The number of nitriles is 1. The molecular weight excluding hydrogens is 222 g/mol. The normalized spacial score (nSPS) is 23.9. The molecule has 0 aromatic heterocycles. The lowest BCUT2D eigenvalue weighted by Gasteiger charge is -2.24. The quantitative estimate of drug-likeness (QED) is 0.816. The standard InChI is InChI=1S/C15H29N3/c1-12(2)14-6-5-8-18(9-7-14)11-15(10-16)17-13(3)4/h12-15,17H,5-9,11H2,1-4H3. The zero-order chi connectivity index (χ0) is 13.5. The van der Waals surface area contributed by atoms with Crippen LogP contribution >= 0.6 is 0 Å². The summed E-state index contributed by atoms with van der Waals surface area (Å²) in [5, 5.41) is 12.5. The highest BCUT2D eigenvalue weighted by Gasteiger charge is 2.21. The van der Waals surface area contributed by atoms with Crippen molar-refractivity contribution in [3.05, 3.63) is 0 Å². The monoisotopic (exact) mass is 251 g/mol. The maximum Gasteiger partial charge on any atom is 0.108 e. The van der Waals surface area contributed by atoms with E-state index in [2.05, 4.69) is 44.0 Å². The molecule has 2 atom stereocenters. The Kier molecular flexibility index (Phi) is 6.67. The second-order valence-corrected chi connectivity index (χ2v) is 6.24. The number of rotatable bonds is 5. The van der Waals surface area contributed by atoms with E-state index in [1.54, 1.807) is 0 Å². The lowest BCUT2D eigenvalue weighted by atomic mass is 9.89. The second kappa shape index (κ2) is 7.76. The summed E-state index contributed by atoms with van der Waals surface area (Å²) in [6.07, 6.45) is 3.92. The number of nitrogens with zero attached hydrogens (tertiary/aromatic N) is 2. The molecule has 0 amide bonds. The predicted octanol–water partition coefficient (Wildman–Crippen LogP) is 2.63. The van der Waals surface area contributed by atoms with Crippen molar-refractivity contribution in [2.24, 2.45) is 11.8 Å². The summed E-state index contributed by atoms with van der Waals surface area (Å²) in [4.78, 5) is 2.46. The van der Waals surface area contributed by atoms with E-state index in [1.807, 2.05) is 0 Å². The zero-order valence-corrected chi connectivity index (χ0v) is 12.4. The van der Waals surface area contributed by atoms with Gasteiger partial charge in [-0.2, -0.15) is 5.26 Å². The Hall–Kier alpha value is -0.590. The Balaban J connectivity index is 2.41. The first-order valence-electron chi connectivity index (χ1n) is 7.41. The van der Waals surface area contributed by atoms with Gasteiger partial charge in [-0.25, -0.2) is 0 Å². The van der Waals surface area contributed by atoms with Gasteiger partial charge in [0.15, 0.2) is 0 Å². The molecule has 0 bridgehead atoms. The maximum atomic E-state index is 9.18. The summed E-state index contributed by atoms with van der Waals surface area (Å²) in [7, 11) is 0. The van der Waals surface area contributed by atoms with E-state index in [0.29, 0.717) is 6.04 Å². The van der Waals surface area contributed by atoms with Gasteiger partial charge >= 0.3 is 0 Å². The molecule has 1 aliphatic heterocycles. The van der Waals surface area contributed by atoms with Crippen LogP contribution in [0, 0.1) is 23.2 Å². The van der Waals surface area contributed by atoms with E-state index in [-0.39, 0.29) is 6.04 Å². The Morgan fingerprint density at radius 1 is 1.22 bits per heavy atom. The van der Waals surface area contributed by atoms with Gasteiger partial charge in [-0.05, 0) is 58.0 Å². The van der Waals surface area contributed by atoms with Crippen LogP contribution in [0.2, 0.25) is 0 Å². The van der Waals surface area contributed by atoms with Gasteiger partial charge in [-0.15, -0.1) is 0 Å². The molecule has 0 aromatic carbocycles. The first-order valence-corrected chi connectivity index (χ1v) is 7.41. The van der Waals surface area contributed by atoms with Crippen molar-refractivity contribution in [1.29, 1.82) is 5.26 Å². The molecule has 1 heterocycles. The highest BCUT2D eigenvalue weighted by atomic mass is 15.2. The van der Waals surface area contributed by atoms with Gasteiger partial charge in [-0.1, -0.05) is 13.8 Å². The van der Waals surface area contributed by atoms with Gasteiger partial charge in [0.2, 0.25) is 0 Å². The molecule has 0 saturated carbocycles. The first kappa shape index (κ1) is 15.5. The fraction of sp³-hybridized carbons (Fsp3) is 0.933. The van der Waals surface area contributed by atoms with Gasteiger partial charge < -0.3 is 4.90 Å². The van der Waals surface area contributed by atoms with Crippen molar-refractivity contribution in [2.75, 3.05) is 19.6 Å². The van der Waals surface area contributed by atoms with Crippen LogP contribution in [0.25, 0.3) is 0 Å². The summed E-state index contributed by atoms with van der Waals surface area (Å²) in [5.74, 6) is 1.67. The first-order chi connectivity index (χ1) is 8.52. The number of hydrogen-bond acceptors (Lipinski definition) is 3. The molecule has 18 heavy (non-hydrogen) atoms. The lowest BCUT2D eigenvalue weighted by molar-refractivity contribution is 0.253. The highest BCUT2D eigenvalue weighted by Crippen LogP contribution is 2.24. The third kappa shape index (κ3) is 5.37. The van der Waals surface area contributed by atoms with Crippen LogP contribution in [0.15, 0.2) is 0 Å². The molecule has 3 nitrogen and oxygen atoms in total. The van der Waals surface area contributed by atoms with E-state index in [4.69, 9.17) is 0 Å². The summed E-state index contributed by atoms with van der Waals surface area (Å²) >= 11 is 0. The lowest BCUT2D eigenvalue weighted by Crippen LogP contribution is -2.43. The molecule has 1 aliphatic rings. The minimum Gasteiger partial charge on any atom is -0.301 e. The topological polar surface area (TPSA) is 39.1 Å². The SMILES string of the molecule is CC(C)NC(C#N)CN1CCCC(C(C)C)CC1. The Bertz CT molecular complexity index is 267. The Labute approximate surface area is 113 Å². The molecule has 1 rings (SSSR count). The van der Waals surface area contributed by atoms with Gasteiger partial charge in [0, 0.05) is 12.6 Å². The fourth-order valence-electron chi connectivity index (χ4n) is 2.82. The molecule has 1 fully saturated rings. The molecule has 1 N–H and O–H groups in total. The molecule has 1 saturated heterocycles.